The van der Waals surface area contributed by atoms with Crippen molar-refractivity contribution in [2.24, 2.45) is 7.05 Å². The van der Waals surface area contributed by atoms with Crippen molar-refractivity contribution >= 4 is 5.91 Å². The summed E-state index contributed by atoms with van der Waals surface area (Å²) >= 11 is 0. The smallest absolute Gasteiger partial charge is 0.272 e. The monoisotopic (exact) mass is 409 g/mol. The summed E-state index contributed by atoms with van der Waals surface area (Å²) in [6, 6.07) is 5.79. The van der Waals surface area contributed by atoms with Gasteiger partial charge in [-0.2, -0.15) is 5.10 Å². The standard InChI is InChI=1S/C23H27N3O4/c1-25-21(17-4-2-3-5-18(17)24-25)22(27)26-15-7-8-16(26)12-23(28,11-15)14-6-9-19-20(10-14)30-13-29-19/h6,9-10,15-16,28H,2-5,7-8,11-13H2,1H3. The number of hydrogen-bond donors (Lipinski definition) is 1. The Morgan fingerprint density at radius 2 is 1.87 bits per heavy atom. The van der Waals surface area contributed by atoms with Gasteiger partial charge in [-0.25, -0.2) is 0 Å². The molecule has 2 bridgehead atoms. The van der Waals surface area contributed by atoms with E-state index >= 15 is 0 Å². The molecule has 0 saturated carbocycles. The first-order valence-corrected chi connectivity index (χ1v) is 11.0. The molecule has 1 aromatic heterocycles. The van der Waals surface area contributed by atoms with Gasteiger partial charge in [-0.3, -0.25) is 9.48 Å². The minimum Gasteiger partial charge on any atom is -0.454 e. The summed E-state index contributed by atoms with van der Waals surface area (Å²) in [5.41, 5.74) is 2.90. The Kier molecular flexibility index (Phi) is 3.94. The van der Waals surface area contributed by atoms with Crippen molar-refractivity contribution in [2.45, 2.75) is 69.1 Å². The molecule has 2 fully saturated rings. The molecular weight excluding hydrogens is 382 g/mol. The van der Waals surface area contributed by atoms with Gasteiger partial charge < -0.3 is 19.5 Å². The number of nitrogens with zero attached hydrogens (tertiary/aromatic N) is 3. The predicted octanol–water partition coefficient (Wildman–Crippen LogP) is 2.68. The number of aryl methyl sites for hydroxylation is 2. The maximum atomic E-state index is 13.7. The van der Waals surface area contributed by atoms with Crippen LogP contribution < -0.4 is 9.47 Å². The number of rotatable bonds is 2. The molecule has 2 saturated heterocycles. The van der Waals surface area contributed by atoms with Crippen molar-refractivity contribution in [2.75, 3.05) is 6.79 Å². The number of hydrogen-bond acceptors (Lipinski definition) is 5. The summed E-state index contributed by atoms with van der Waals surface area (Å²) in [6.45, 7) is 0.222. The van der Waals surface area contributed by atoms with Gasteiger partial charge in [0.05, 0.1) is 11.3 Å². The van der Waals surface area contributed by atoms with E-state index in [0.717, 1.165) is 66.8 Å². The fourth-order valence-corrected chi connectivity index (χ4v) is 6.05. The third-order valence-electron chi connectivity index (χ3n) is 7.43. The van der Waals surface area contributed by atoms with Crippen LogP contribution in [0.15, 0.2) is 18.2 Å². The van der Waals surface area contributed by atoms with Crippen LogP contribution in [0.4, 0.5) is 0 Å². The Labute approximate surface area is 175 Å². The number of aliphatic hydroxyl groups is 1. The van der Waals surface area contributed by atoms with Gasteiger partial charge in [-0.1, -0.05) is 6.07 Å². The molecule has 158 valence electrons. The molecule has 6 rings (SSSR count). The van der Waals surface area contributed by atoms with Gasteiger partial charge in [0.15, 0.2) is 11.5 Å². The molecule has 0 spiro atoms. The highest BCUT2D eigenvalue weighted by atomic mass is 16.7. The number of amides is 1. The largest absolute Gasteiger partial charge is 0.454 e. The number of carbonyl (C=O) groups is 1. The number of ether oxygens (including phenoxy) is 2. The average Bonchev–Trinajstić information content (AvgIpc) is 3.41. The third-order valence-corrected chi connectivity index (χ3v) is 7.43. The molecule has 2 unspecified atom stereocenters. The second-order valence-electron chi connectivity index (χ2n) is 9.21. The van der Waals surface area contributed by atoms with Crippen LogP contribution in [0.25, 0.3) is 0 Å². The lowest BCUT2D eigenvalue weighted by atomic mass is 9.80. The first-order valence-electron chi connectivity index (χ1n) is 11.0. The van der Waals surface area contributed by atoms with E-state index in [1.54, 1.807) is 4.68 Å². The normalized spacial score (nSPS) is 29.2. The maximum absolute atomic E-state index is 13.7. The molecule has 7 nitrogen and oxygen atoms in total. The molecule has 4 heterocycles. The lowest BCUT2D eigenvalue weighted by Crippen LogP contribution is -2.52. The van der Waals surface area contributed by atoms with Crippen molar-refractivity contribution in [1.82, 2.24) is 14.7 Å². The number of piperidine rings is 1. The molecule has 30 heavy (non-hydrogen) atoms. The van der Waals surface area contributed by atoms with E-state index in [-0.39, 0.29) is 24.8 Å². The zero-order chi connectivity index (χ0) is 20.5. The Bertz CT molecular complexity index is 1020. The van der Waals surface area contributed by atoms with Gasteiger partial charge in [-0.15, -0.1) is 0 Å². The number of carbonyl (C=O) groups excluding carboxylic acids is 1. The van der Waals surface area contributed by atoms with Crippen molar-refractivity contribution < 1.29 is 19.4 Å². The van der Waals surface area contributed by atoms with Gasteiger partial charge in [0.2, 0.25) is 6.79 Å². The summed E-state index contributed by atoms with van der Waals surface area (Å²) in [7, 11) is 1.89. The Hall–Kier alpha value is -2.54. The molecule has 1 aliphatic carbocycles. The SMILES string of the molecule is Cn1nc2c(c1C(=O)N1C3CCC1CC(O)(c1ccc4c(c1)OCO4)C3)CCCC2. The van der Waals surface area contributed by atoms with Gasteiger partial charge in [-0.05, 0) is 56.2 Å². The molecule has 2 atom stereocenters. The molecule has 3 aliphatic heterocycles. The Morgan fingerprint density at radius 1 is 1.13 bits per heavy atom. The van der Waals surface area contributed by atoms with Crippen LogP contribution in [-0.4, -0.2) is 44.6 Å². The van der Waals surface area contributed by atoms with Crippen LogP contribution in [0.1, 0.15) is 65.8 Å². The molecule has 0 radical (unpaired) electrons. The van der Waals surface area contributed by atoms with Crippen LogP contribution >= 0.6 is 0 Å². The van der Waals surface area contributed by atoms with E-state index in [1.807, 2.05) is 30.1 Å². The second kappa shape index (κ2) is 6.48. The Balaban J connectivity index is 1.30. The maximum Gasteiger partial charge on any atom is 0.272 e. The van der Waals surface area contributed by atoms with E-state index in [2.05, 4.69) is 5.10 Å². The van der Waals surface area contributed by atoms with Gasteiger partial charge in [0, 0.05) is 37.5 Å². The number of fused-ring (bicyclic) bond motifs is 4. The van der Waals surface area contributed by atoms with Crippen LogP contribution in [0.3, 0.4) is 0 Å². The summed E-state index contributed by atoms with van der Waals surface area (Å²) in [4.78, 5) is 15.7. The summed E-state index contributed by atoms with van der Waals surface area (Å²) in [5.74, 6) is 1.50. The highest BCUT2D eigenvalue weighted by Crippen LogP contribution is 2.48. The lowest BCUT2D eigenvalue weighted by Gasteiger charge is -2.44. The number of aromatic nitrogens is 2. The van der Waals surface area contributed by atoms with Gasteiger partial charge >= 0.3 is 0 Å². The van der Waals surface area contributed by atoms with Crippen molar-refractivity contribution in [3.05, 3.63) is 40.7 Å². The van der Waals surface area contributed by atoms with E-state index in [4.69, 9.17) is 9.47 Å². The van der Waals surface area contributed by atoms with Crippen molar-refractivity contribution in [3.8, 4) is 11.5 Å². The van der Waals surface area contributed by atoms with Crippen molar-refractivity contribution in [1.29, 1.82) is 0 Å². The summed E-state index contributed by atoms with van der Waals surface area (Å²) in [5, 5.41) is 16.2. The van der Waals surface area contributed by atoms with Crippen LogP contribution in [0.5, 0.6) is 11.5 Å². The van der Waals surface area contributed by atoms with E-state index in [0.29, 0.717) is 18.6 Å². The lowest BCUT2D eigenvalue weighted by molar-refractivity contribution is -0.0482. The molecule has 4 aliphatic rings. The fourth-order valence-electron chi connectivity index (χ4n) is 6.05. The zero-order valence-corrected chi connectivity index (χ0v) is 17.3. The van der Waals surface area contributed by atoms with Crippen LogP contribution in [-0.2, 0) is 25.5 Å². The van der Waals surface area contributed by atoms with Crippen LogP contribution in [0.2, 0.25) is 0 Å². The summed E-state index contributed by atoms with van der Waals surface area (Å²) < 4.78 is 12.7. The highest BCUT2D eigenvalue weighted by molar-refractivity contribution is 5.95. The molecule has 1 amide bonds. The van der Waals surface area contributed by atoms with E-state index in [1.165, 1.54) is 0 Å². The molecule has 1 aromatic carbocycles. The zero-order valence-electron chi connectivity index (χ0n) is 17.3. The third kappa shape index (κ3) is 2.61. The average molecular weight is 409 g/mol. The van der Waals surface area contributed by atoms with Crippen LogP contribution in [0, 0.1) is 0 Å². The fraction of sp³-hybridized carbons (Fsp3) is 0.565. The topological polar surface area (TPSA) is 76.8 Å². The van der Waals surface area contributed by atoms with Gasteiger partial charge in [0.1, 0.15) is 5.69 Å². The number of benzene rings is 1. The quantitative estimate of drug-likeness (QED) is 0.825. The van der Waals surface area contributed by atoms with E-state index in [9.17, 15) is 9.90 Å². The second-order valence-corrected chi connectivity index (χ2v) is 9.21. The molecule has 1 N–H and O–H groups in total. The minimum absolute atomic E-state index is 0.0424. The minimum atomic E-state index is -0.949. The molecule has 7 heteroatoms. The Morgan fingerprint density at radius 3 is 2.67 bits per heavy atom. The summed E-state index contributed by atoms with van der Waals surface area (Å²) in [6.07, 6.45) is 7.14. The molecule has 2 aromatic rings. The van der Waals surface area contributed by atoms with Gasteiger partial charge in [0.25, 0.3) is 5.91 Å². The van der Waals surface area contributed by atoms with Crippen molar-refractivity contribution in [3.63, 3.8) is 0 Å². The van der Waals surface area contributed by atoms with E-state index < -0.39 is 5.60 Å². The predicted molar refractivity (Wildman–Crippen MR) is 109 cm³/mol. The first kappa shape index (κ1) is 18.2. The molecular formula is C23H27N3O4. The first-order chi connectivity index (χ1) is 14.5. The highest BCUT2D eigenvalue weighted by Gasteiger charge is 2.51.